The third kappa shape index (κ3) is 2.61. The van der Waals surface area contributed by atoms with Gasteiger partial charge < -0.3 is 0 Å². The van der Waals surface area contributed by atoms with Crippen LogP contribution in [0.2, 0.25) is 0 Å². The first-order valence-electron chi connectivity index (χ1n) is 10.7. The number of hydrogen-bond acceptors (Lipinski definition) is 2. The molecule has 2 nitrogen and oxygen atoms in total. The minimum Gasteiger partial charge on any atom is -0.290 e. The number of fused-ring (bicyclic) bond motifs is 1. The number of carbonyl (C=O) groups excluding carboxylic acids is 2. The number of ketones is 2. The van der Waals surface area contributed by atoms with Crippen LogP contribution in [0.3, 0.4) is 0 Å². The average Bonchev–Trinajstić information content (AvgIpc) is 3.09. The Bertz CT molecular complexity index is 976. The summed E-state index contributed by atoms with van der Waals surface area (Å²) in [5.74, 6) is -0.639. The molecule has 0 unspecified atom stereocenters. The number of rotatable bonds is 1. The largest absolute Gasteiger partial charge is 0.290 e. The lowest BCUT2D eigenvalue weighted by Gasteiger charge is -2.58. The second-order valence-corrected chi connectivity index (χ2v) is 11.0. The Balaban J connectivity index is 1.99. The topological polar surface area (TPSA) is 34.1 Å². The molecule has 4 aliphatic rings. The molecule has 0 amide bonds. The first-order valence-corrected chi connectivity index (χ1v) is 10.7. The van der Waals surface area contributed by atoms with E-state index < -0.39 is 5.41 Å². The molecule has 29 heavy (non-hydrogen) atoms. The van der Waals surface area contributed by atoms with Crippen molar-refractivity contribution in [1.82, 2.24) is 0 Å². The summed E-state index contributed by atoms with van der Waals surface area (Å²) in [4.78, 5) is 27.0. The molecule has 0 aliphatic heterocycles. The smallest absolute Gasteiger partial charge is 0.210 e. The van der Waals surface area contributed by atoms with Gasteiger partial charge in [-0.1, -0.05) is 95.7 Å². The lowest BCUT2D eigenvalue weighted by molar-refractivity contribution is -0.157. The minimum atomic E-state index is -0.776. The van der Waals surface area contributed by atoms with Crippen LogP contribution in [0.25, 0.3) is 5.57 Å². The Labute approximate surface area is 174 Å². The Morgan fingerprint density at radius 2 is 1.59 bits per heavy atom. The zero-order valence-corrected chi connectivity index (χ0v) is 18.7. The molecule has 0 radical (unpaired) electrons. The van der Waals surface area contributed by atoms with Gasteiger partial charge in [0.1, 0.15) is 0 Å². The molecule has 1 saturated carbocycles. The Kier molecular flexibility index (Phi) is 4.25. The third-order valence-electron chi connectivity index (χ3n) is 7.46. The van der Waals surface area contributed by atoms with Crippen molar-refractivity contribution < 1.29 is 9.59 Å². The summed E-state index contributed by atoms with van der Waals surface area (Å²) in [7, 11) is 0. The van der Waals surface area contributed by atoms with E-state index in [0.717, 1.165) is 5.57 Å². The maximum absolute atomic E-state index is 13.5. The number of carbonyl (C=O) groups is 2. The Hall–Kier alpha value is -2.22. The van der Waals surface area contributed by atoms with E-state index >= 15 is 0 Å². The minimum absolute atomic E-state index is 0.0393. The van der Waals surface area contributed by atoms with Crippen molar-refractivity contribution in [1.29, 1.82) is 0 Å². The fourth-order valence-corrected chi connectivity index (χ4v) is 5.91. The van der Waals surface area contributed by atoms with E-state index in [0.29, 0.717) is 0 Å². The molecular weight excluding hydrogens is 356 g/mol. The van der Waals surface area contributed by atoms with Gasteiger partial charge in [0.05, 0.1) is 11.3 Å². The van der Waals surface area contributed by atoms with Crippen LogP contribution in [0.5, 0.6) is 0 Å². The van der Waals surface area contributed by atoms with Crippen molar-refractivity contribution >= 4 is 17.1 Å². The molecule has 2 heteroatoms. The second kappa shape index (κ2) is 6.14. The predicted octanol–water partition coefficient (Wildman–Crippen LogP) is 6.05. The number of Topliss-reactive ketones (excluding diaryl/α,β-unsaturated/α-hetero) is 2. The van der Waals surface area contributed by atoms with Gasteiger partial charge in [0.2, 0.25) is 11.6 Å². The summed E-state index contributed by atoms with van der Waals surface area (Å²) >= 11 is 0. The molecule has 0 heterocycles. The molecule has 152 valence electrons. The molecule has 1 aromatic rings. The van der Waals surface area contributed by atoms with Crippen LogP contribution >= 0.6 is 0 Å². The zero-order chi connectivity index (χ0) is 21.4. The molecule has 0 N–H and O–H groups in total. The van der Waals surface area contributed by atoms with Crippen LogP contribution in [0.1, 0.15) is 54.0 Å². The van der Waals surface area contributed by atoms with E-state index in [-0.39, 0.29) is 40.2 Å². The van der Waals surface area contributed by atoms with Crippen molar-refractivity contribution in [3.05, 3.63) is 65.3 Å². The molecule has 0 saturated heterocycles. The average molecular weight is 389 g/mol. The normalized spacial score (nSPS) is 33.1. The molecular formula is C27H32O2. The standard InChI is InChI=1S/C27H32O2/c1-16(17-11-9-8-10-12-17)18-13-14-19-21(18)22-20(25(2,3)4)15-27(19,26(5,6)7)24(29)23(22)28/h8-15,19,21-22H,1-7H3/b18-16+/t19-,21+,22-,27-/m0/s1. The van der Waals surface area contributed by atoms with E-state index in [9.17, 15) is 9.59 Å². The summed E-state index contributed by atoms with van der Waals surface area (Å²) in [5, 5.41) is 0. The molecule has 2 bridgehead atoms. The highest BCUT2D eigenvalue weighted by atomic mass is 16.2. The van der Waals surface area contributed by atoms with Gasteiger partial charge in [0.25, 0.3) is 0 Å². The lowest BCUT2D eigenvalue weighted by atomic mass is 9.42. The van der Waals surface area contributed by atoms with E-state index in [1.807, 2.05) is 18.2 Å². The van der Waals surface area contributed by atoms with Gasteiger partial charge in [-0.05, 0) is 34.5 Å². The monoisotopic (exact) mass is 388 g/mol. The van der Waals surface area contributed by atoms with Gasteiger partial charge in [-0.3, -0.25) is 9.59 Å². The van der Waals surface area contributed by atoms with Crippen LogP contribution in [0, 0.1) is 34.0 Å². The number of allylic oxidation sites excluding steroid dienone is 6. The van der Waals surface area contributed by atoms with Crippen molar-refractivity contribution in [2.45, 2.75) is 48.5 Å². The molecule has 0 spiro atoms. The molecule has 0 aromatic heterocycles. The Morgan fingerprint density at radius 3 is 2.14 bits per heavy atom. The maximum Gasteiger partial charge on any atom is 0.210 e. The number of benzene rings is 1. The molecule has 4 atom stereocenters. The van der Waals surface area contributed by atoms with Crippen LogP contribution in [0.15, 0.2) is 59.7 Å². The molecule has 5 rings (SSSR count). The van der Waals surface area contributed by atoms with Gasteiger partial charge in [-0.2, -0.15) is 0 Å². The van der Waals surface area contributed by atoms with Crippen molar-refractivity contribution in [2.75, 3.05) is 0 Å². The van der Waals surface area contributed by atoms with Crippen molar-refractivity contribution in [3.63, 3.8) is 0 Å². The summed E-state index contributed by atoms with van der Waals surface area (Å²) < 4.78 is 0. The van der Waals surface area contributed by atoms with Gasteiger partial charge in [-0.15, -0.1) is 0 Å². The van der Waals surface area contributed by atoms with E-state index in [1.54, 1.807) is 0 Å². The quantitative estimate of drug-likeness (QED) is 0.433. The van der Waals surface area contributed by atoms with Gasteiger partial charge >= 0.3 is 0 Å². The lowest BCUT2D eigenvalue weighted by Crippen LogP contribution is -2.63. The van der Waals surface area contributed by atoms with Crippen molar-refractivity contribution in [2.24, 2.45) is 34.0 Å². The first-order chi connectivity index (χ1) is 13.4. The van der Waals surface area contributed by atoms with Gasteiger partial charge in [0.15, 0.2) is 0 Å². The fourth-order valence-electron chi connectivity index (χ4n) is 5.91. The second-order valence-electron chi connectivity index (χ2n) is 11.0. The highest BCUT2D eigenvalue weighted by molar-refractivity contribution is 6.43. The first kappa shape index (κ1) is 20.1. The van der Waals surface area contributed by atoms with Crippen LogP contribution in [-0.2, 0) is 9.59 Å². The van der Waals surface area contributed by atoms with Gasteiger partial charge in [-0.25, -0.2) is 0 Å². The summed E-state index contributed by atoms with van der Waals surface area (Å²) in [6, 6.07) is 10.4. The molecule has 1 fully saturated rings. The third-order valence-corrected chi connectivity index (χ3v) is 7.46. The summed E-state index contributed by atoms with van der Waals surface area (Å²) in [5.41, 5.74) is 3.47. The van der Waals surface area contributed by atoms with E-state index in [1.165, 1.54) is 16.7 Å². The van der Waals surface area contributed by atoms with E-state index in [4.69, 9.17) is 0 Å². The van der Waals surface area contributed by atoms with Crippen LogP contribution in [-0.4, -0.2) is 11.6 Å². The van der Waals surface area contributed by atoms with Crippen LogP contribution in [0.4, 0.5) is 0 Å². The highest BCUT2D eigenvalue weighted by Crippen LogP contribution is 2.65. The fraction of sp³-hybridized carbons (Fsp3) is 0.481. The predicted molar refractivity (Wildman–Crippen MR) is 118 cm³/mol. The summed E-state index contributed by atoms with van der Waals surface area (Å²) in [6.07, 6.45) is 6.61. The maximum atomic E-state index is 13.5. The van der Waals surface area contributed by atoms with Gasteiger partial charge in [0, 0.05) is 11.8 Å². The Morgan fingerprint density at radius 1 is 0.966 bits per heavy atom. The van der Waals surface area contributed by atoms with Crippen LogP contribution < -0.4 is 0 Å². The van der Waals surface area contributed by atoms with Crippen molar-refractivity contribution in [3.8, 4) is 0 Å². The van der Waals surface area contributed by atoms with E-state index in [2.05, 4.69) is 78.8 Å². The summed E-state index contributed by atoms with van der Waals surface area (Å²) in [6.45, 7) is 15.0. The highest BCUT2D eigenvalue weighted by Gasteiger charge is 2.67. The zero-order valence-electron chi connectivity index (χ0n) is 18.7. The SMILES string of the molecule is C/C(=C1/C=C[C@H]2[C@@H]1[C@H]1C(=O)C(=O)[C@]2(C(C)(C)C)C=C1C(C)(C)C)c1ccccc1. The number of hydrogen-bond donors (Lipinski definition) is 0. The molecule has 4 aliphatic carbocycles. The molecule has 1 aromatic carbocycles.